The Morgan fingerprint density at radius 3 is 2.21 bits per heavy atom. The molecular weight excluding hydrogens is 333 g/mol. The zero-order valence-electron chi connectivity index (χ0n) is 13.1. The van der Waals surface area contributed by atoms with Crippen molar-refractivity contribution in [3.05, 3.63) is 59.4 Å². The molecule has 0 spiro atoms. The van der Waals surface area contributed by atoms with Crippen molar-refractivity contribution in [2.75, 3.05) is 30.8 Å². The topological polar surface area (TPSA) is 62.6 Å². The SMILES string of the molecule is C[NH+](CC(=O)Nc1ccc(F)cc1)CC(=O)Nc1ccccc1Cl. The number of rotatable bonds is 6. The molecule has 0 saturated carbocycles. The normalized spacial score (nSPS) is 11.6. The molecule has 0 aliphatic carbocycles. The van der Waals surface area contributed by atoms with Gasteiger partial charge in [-0.1, -0.05) is 23.7 Å². The van der Waals surface area contributed by atoms with Gasteiger partial charge in [-0.3, -0.25) is 9.59 Å². The van der Waals surface area contributed by atoms with Gasteiger partial charge in [0.05, 0.1) is 17.8 Å². The van der Waals surface area contributed by atoms with Crippen molar-refractivity contribution < 1.29 is 18.9 Å². The predicted octanol–water partition coefficient (Wildman–Crippen LogP) is 1.57. The van der Waals surface area contributed by atoms with Crippen LogP contribution in [0.25, 0.3) is 0 Å². The number of quaternary nitrogens is 1. The van der Waals surface area contributed by atoms with Crippen molar-refractivity contribution in [1.82, 2.24) is 0 Å². The van der Waals surface area contributed by atoms with Gasteiger partial charge in [-0.25, -0.2) is 4.39 Å². The van der Waals surface area contributed by atoms with Gasteiger partial charge in [0.1, 0.15) is 5.82 Å². The van der Waals surface area contributed by atoms with Crippen molar-refractivity contribution >= 4 is 34.8 Å². The zero-order chi connectivity index (χ0) is 17.5. The number of hydrogen-bond donors (Lipinski definition) is 3. The summed E-state index contributed by atoms with van der Waals surface area (Å²) in [6, 6.07) is 12.4. The van der Waals surface area contributed by atoms with E-state index < -0.39 is 0 Å². The second kappa shape index (κ2) is 8.42. The summed E-state index contributed by atoms with van der Waals surface area (Å²) in [7, 11) is 1.73. The Bertz CT molecular complexity index is 722. The number of amides is 2. The lowest BCUT2D eigenvalue weighted by Gasteiger charge is -2.14. The summed E-state index contributed by atoms with van der Waals surface area (Å²) < 4.78 is 12.8. The third kappa shape index (κ3) is 5.64. The summed E-state index contributed by atoms with van der Waals surface area (Å²) in [6.45, 7) is 0.218. The summed E-state index contributed by atoms with van der Waals surface area (Å²) in [5.41, 5.74) is 1.04. The van der Waals surface area contributed by atoms with E-state index in [1.165, 1.54) is 24.3 Å². The molecule has 1 unspecified atom stereocenters. The third-order valence-electron chi connectivity index (χ3n) is 3.20. The molecule has 0 aliphatic rings. The predicted molar refractivity (Wildman–Crippen MR) is 91.7 cm³/mol. The fourth-order valence-corrected chi connectivity index (χ4v) is 2.29. The first-order chi connectivity index (χ1) is 11.4. The van der Waals surface area contributed by atoms with Crippen LogP contribution in [-0.2, 0) is 9.59 Å². The molecule has 7 heteroatoms. The highest BCUT2D eigenvalue weighted by molar-refractivity contribution is 6.33. The van der Waals surface area contributed by atoms with Crippen molar-refractivity contribution in [3.8, 4) is 0 Å². The van der Waals surface area contributed by atoms with Gasteiger partial charge >= 0.3 is 0 Å². The molecule has 1 atom stereocenters. The monoisotopic (exact) mass is 350 g/mol. The number of anilines is 2. The van der Waals surface area contributed by atoms with Crippen LogP contribution >= 0.6 is 11.6 Å². The number of carbonyl (C=O) groups excluding carboxylic acids is 2. The lowest BCUT2D eigenvalue weighted by Crippen LogP contribution is -3.11. The number of carbonyl (C=O) groups is 2. The van der Waals surface area contributed by atoms with Crippen LogP contribution in [0.15, 0.2) is 48.5 Å². The van der Waals surface area contributed by atoms with Crippen LogP contribution in [0, 0.1) is 5.82 Å². The van der Waals surface area contributed by atoms with Crippen LogP contribution in [-0.4, -0.2) is 32.0 Å². The van der Waals surface area contributed by atoms with Gasteiger partial charge < -0.3 is 15.5 Å². The minimum atomic E-state index is -0.369. The Morgan fingerprint density at radius 1 is 1.00 bits per heavy atom. The first kappa shape index (κ1) is 17.9. The number of para-hydroxylation sites is 1. The van der Waals surface area contributed by atoms with E-state index in [0.29, 0.717) is 21.3 Å². The zero-order valence-corrected chi connectivity index (χ0v) is 13.9. The highest BCUT2D eigenvalue weighted by atomic mass is 35.5. The van der Waals surface area contributed by atoms with E-state index in [0.717, 1.165) is 0 Å². The molecule has 0 aliphatic heterocycles. The molecule has 0 fully saturated rings. The summed E-state index contributed by atoms with van der Waals surface area (Å²) in [5, 5.41) is 5.81. The van der Waals surface area contributed by atoms with Gasteiger partial charge in [-0.2, -0.15) is 0 Å². The molecule has 24 heavy (non-hydrogen) atoms. The van der Waals surface area contributed by atoms with Crippen molar-refractivity contribution in [3.63, 3.8) is 0 Å². The molecular formula is C17H18ClFN3O2+. The van der Waals surface area contributed by atoms with Gasteiger partial charge in [0.2, 0.25) is 0 Å². The molecule has 0 bridgehead atoms. The average molecular weight is 351 g/mol. The first-order valence-corrected chi connectivity index (χ1v) is 7.73. The smallest absolute Gasteiger partial charge is 0.279 e. The Morgan fingerprint density at radius 2 is 1.58 bits per heavy atom. The van der Waals surface area contributed by atoms with Gasteiger partial charge in [0.25, 0.3) is 11.8 Å². The molecule has 0 aromatic heterocycles. The number of hydrogen-bond acceptors (Lipinski definition) is 2. The summed E-state index contributed by atoms with van der Waals surface area (Å²) in [6.07, 6.45) is 0. The van der Waals surface area contributed by atoms with Gasteiger partial charge in [0.15, 0.2) is 13.1 Å². The maximum Gasteiger partial charge on any atom is 0.279 e. The van der Waals surface area contributed by atoms with Crippen LogP contribution < -0.4 is 15.5 Å². The third-order valence-corrected chi connectivity index (χ3v) is 3.53. The van der Waals surface area contributed by atoms with Crippen LogP contribution in [0.2, 0.25) is 5.02 Å². The van der Waals surface area contributed by atoms with Gasteiger partial charge in [-0.05, 0) is 36.4 Å². The molecule has 2 amide bonds. The van der Waals surface area contributed by atoms with E-state index in [4.69, 9.17) is 11.6 Å². The lowest BCUT2D eigenvalue weighted by atomic mass is 10.3. The fourth-order valence-electron chi connectivity index (χ4n) is 2.11. The molecule has 5 nitrogen and oxygen atoms in total. The Labute approximate surface area is 144 Å². The number of halogens is 2. The van der Waals surface area contributed by atoms with Gasteiger partial charge in [-0.15, -0.1) is 0 Å². The highest BCUT2D eigenvalue weighted by Crippen LogP contribution is 2.19. The molecule has 126 valence electrons. The second-order valence-corrected chi connectivity index (χ2v) is 5.80. The van der Waals surface area contributed by atoms with Crippen molar-refractivity contribution in [1.29, 1.82) is 0 Å². The van der Waals surface area contributed by atoms with E-state index in [2.05, 4.69) is 10.6 Å². The standard InChI is InChI=1S/C17H17ClFN3O2/c1-22(10-16(23)20-13-8-6-12(19)7-9-13)11-17(24)21-15-5-3-2-4-14(15)18/h2-9H,10-11H2,1H3,(H,20,23)(H,21,24)/p+1. The van der Waals surface area contributed by atoms with Crippen LogP contribution in [0.1, 0.15) is 0 Å². The number of nitrogens with one attached hydrogen (secondary N) is 3. The maximum absolute atomic E-state index is 12.8. The summed E-state index contributed by atoms with van der Waals surface area (Å²) in [4.78, 5) is 24.6. The van der Waals surface area contributed by atoms with Crippen molar-refractivity contribution in [2.45, 2.75) is 0 Å². The second-order valence-electron chi connectivity index (χ2n) is 5.39. The van der Waals surface area contributed by atoms with E-state index >= 15 is 0 Å². The first-order valence-electron chi connectivity index (χ1n) is 7.35. The molecule has 2 aromatic rings. The molecule has 2 rings (SSSR count). The minimum absolute atomic E-state index is 0.104. The molecule has 0 saturated heterocycles. The highest BCUT2D eigenvalue weighted by Gasteiger charge is 2.15. The largest absolute Gasteiger partial charge is 0.322 e. The Kier molecular flexibility index (Phi) is 6.28. The van der Waals surface area contributed by atoms with E-state index in [1.807, 2.05) is 0 Å². The Hall–Kier alpha value is -2.44. The molecule has 2 aromatic carbocycles. The van der Waals surface area contributed by atoms with E-state index in [1.54, 1.807) is 31.3 Å². The lowest BCUT2D eigenvalue weighted by molar-refractivity contribution is -0.862. The quantitative estimate of drug-likeness (QED) is 0.740. The van der Waals surface area contributed by atoms with Crippen LogP contribution in [0.5, 0.6) is 0 Å². The summed E-state index contributed by atoms with van der Waals surface area (Å²) >= 11 is 5.98. The fraction of sp³-hybridized carbons (Fsp3) is 0.176. The maximum atomic E-state index is 12.8. The van der Waals surface area contributed by atoms with Gasteiger partial charge in [0, 0.05) is 5.69 Å². The summed E-state index contributed by atoms with van der Waals surface area (Å²) in [5.74, 6) is -0.869. The van der Waals surface area contributed by atoms with Crippen LogP contribution in [0.3, 0.4) is 0 Å². The molecule has 0 radical (unpaired) electrons. The Balaban J connectivity index is 1.80. The van der Waals surface area contributed by atoms with E-state index in [-0.39, 0.29) is 30.7 Å². The van der Waals surface area contributed by atoms with Crippen molar-refractivity contribution in [2.24, 2.45) is 0 Å². The van der Waals surface area contributed by atoms with E-state index in [9.17, 15) is 14.0 Å². The molecule has 3 N–H and O–H groups in total. The molecule has 0 heterocycles. The number of likely N-dealkylation sites (N-methyl/N-ethyl adjacent to an activating group) is 1. The minimum Gasteiger partial charge on any atom is -0.322 e. The van der Waals surface area contributed by atoms with Crippen LogP contribution in [0.4, 0.5) is 15.8 Å². The average Bonchev–Trinajstić information content (AvgIpc) is 2.51. The number of benzene rings is 2.